The van der Waals surface area contributed by atoms with Crippen molar-refractivity contribution in [2.24, 2.45) is 0 Å². The topological polar surface area (TPSA) is 106 Å². The van der Waals surface area contributed by atoms with Crippen LogP contribution in [-0.4, -0.2) is 20.2 Å². The van der Waals surface area contributed by atoms with Crippen molar-refractivity contribution < 1.29 is 0 Å². The molecule has 0 amide bonds. The number of H-pyrrole nitrogens is 1. The Kier molecular flexibility index (Phi) is 1.80. The Morgan fingerprint density at radius 1 is 1.19 bits per heavy atom. The molecule has 80 valence electrons. The van der Waals surface area contributed by atoms with Crippen LogP contribution in [0.4, 0.5) is 11.1 Å². The summed E-state index contributed by atoms with van der Waals surface area (Å²) in [6.45, 7) is 0. The Hall–Kier alpha value is -2.15. The number of nitrogens with zero attached hydrogens (tertiary/aromatic N) is 3. The maximum atomic E-state index is 5.64. The number of aromatic amines is 1. The van der Waals surface area contributed by atoms with Crippen LogP contribution in [0.15, 0.2) is 18.2 Å². The summed E-state index contributed by atoms with van der Waals surface area (Å²) < 4.78 is 1.02. The third kappa shape index (κ3) is 1.38. The molecule has 3 rings (SSSR count). The molecule has 3 aromatic rings. The minimum absolute atomic E-state index is 0.235. The van der Waals surface area contributed by atoms with Gasteiger partial charge in [0.1, 0.15) is 0 Å². The quantitative estimate of drug-likeness (QED) is 0.585. The molecule has 0 saturated heterocycles. The third-order valence-electron chi connectivity index (χ3n) is 2.18. The number of nitrogen functional groups attached to an aromatic ring is 2. The highest BCUT2D eigenvalue weighted by Crippen LogP contribution is 2.27. The molecule has 0 spiro atoms. The van der Waals surface area contributed by atoms with Gasteiger partial charge in [-0.1, -0.05) is 11.3 Å². The zero-order valence-corrected chi connectivity index (χ0v) is 8.95. The van der Waals surface area contributed by atoms with E-state index in [1.807, 2.05) is 18.2 Å². The van der Waals surface area contributed by atoms with E-state index in [1.165, 1.54) is 11.3 Å². The minimum atomic E-state index is 0.235. The average Bonchev–Trinajstić information content (AvgIpc) is 2.81. The van der Waals surface area contributed by atoms with Crippen molar-refractivity contribution >= 4 is 32.6 Å². The Morgan fingerprint density at radius 3 is 2.81 bits per heavy atom. The van der Waals surface area contributed by atoms with Gasteiger partial charge in [0.15, 0.2) is 11.0 Å². The summed E-state index contributed by atoms with van der Waals surface area (Å²) in [5.41, 5.74) is 12.9. The molecule has 6 nitrogen and oxygen atoms in total. The van der Waals surface area contributed by atoms with Crippen molar-refractivity contribution in [2.75, 3.05) is 11.5 Å². The second-order valence-corrected chi connectivity index (χ2v) is 4.34. The van der Waals surface area contributed by atoms with Crippen molar-refractivity contribution in [1.29, 1.82) is 0 Å². The maximum Gasteiger partial charge on any atom is 0.239 e. The van der Waals surface area contributed by atoms with Gasteiger partial charge in [0.25, 0.3) is 0 Å². The Bertz CT molecular complexity index is 655. The molecule has 0 saturated carbocycles. The molecule has 0 aliphatic rings. The number of nitrogens with two attached hydrogens (primary N) is 2. The largest absolute Gasteiger partial charge is 0.375 e. The van der Waals surface area contributed by atoms with Crippen molar-refractivity contribution in [1.82, 2.24) is 20.2 Å². The molecule has 16 heavy (non-hydrogen) atoms. The number of thiazole rings is 1. The molecular formula is C9H8N6S. The molecule has 0 atom stereocenters. The molecule has 5 N–H and O–H groups in total. The van der Waals surface area contributed by atoms with E-state index < -0.39 is 0 Å². The number of fused-ring (bicyclic) bond motifs is 1. The lowest BCUT2D eigenvalue weighted by atomic mass is 10.2. The number of hydrogen-bond acceptors (Lipinski definition) is 6. The standard InChI is InChI=1S/C9H8N6S/c10-8-13-7(14-15-8)4-1-2-5-6(3-4)16-9(11)12-5/h1-3H,(H2,11,12)(H3,10,13,14,15). The summed E-state index contributed by atoms with van der Waals surface area (Å²) in [6, 6.07) is 5.76. The fourth-order valence-electron chi connectivity index (χ4n) is 1.49. The summed E-state index contributed by atoms with van der Waals surface area (Å²) in [6.07, 6.45) is 0. The number of nitrogens with one attached hydrogen (secondary N) is 1. The first-order valence-corrected chi connectivity index (χ1v) is 5.38. The predicted octanol–water partition coefficient (Wildman–Crippen LogP) is 1.25. The molecule has 2 aromatic heterocycles. The molecule has 0 bridgehead atoms. The summed E-state index contributed by atoms with van der Waals surface area (Å²) in [5.74, 6) is 0.880. The van der Waals surface area contributed by atoms with Gasteiger partial charge >= 0.3 is 0 Å². The molecule has 1 aromatic carbocycles. The van der Waals surface area contributed by atoms with E-state index >= 15 is 0 Å². The van der Waals surface area contributed by atoms with E-state index in [9.17, 15) is 0 Å². The summed E-state index contributed by atoms with van der Waals surface area (Å²) >= 11 is 1.44. The summed E-state index contributed by atoms with van der Waals surface area (Å²) in [4.78, 5) is 8.24. The van der Waals surface area contributed by atoms with Crippen molar-refractivity contribution in [3.63, 3.8) is 0 Å². The first-order valence-electron chi connectivity index (χ1n) is 4.57. The van der Waals surface area contributed by atoms with Crippen LogP contribution < -0.4 is 11.5 Å². The minimum Gasteiger partial charge on any atom is -0.375 e. The first kappa shape index (κ1) is 9.10. The second kappa shape index (κ2) is 3.17. The second-order valence-electron chi connectivity index (χ2n) is 3.28. The van der Waals surface area contributed by atoms with Crippen molar-refractivity contribution in [2.45, 2.75) is 0 Å². The zero-order valence-electron chi connectivity index (χ0n) is 8.14. The number of hydrogen-bond donors (Lipinski definition) is 3. The lowest BCUT2D eigenvalue weighted by Crippen LogP contribution is -1.85. The van der Waals surface area contributed by atoms with Crippen LogP contribution in [0.2, 0.25) is 0 Å². The van der Waals surface area contributed by atoms with Crippen LogP contribution in [0.1, 0.15) is 0 Å². The SMILES string of the molecule is Nc1n[nH]c(-c2ccc3nc(N)sc3c2)n1. The average molecular weight is 232 g/mol. The van der Waals surface area contributed by atoms with Crippen LogP contribution in [0.5, 0.6) is 0 Å². The lowest BCUT2D eigenvalue weighted by molar-refractivity contribution is 1.10. The van der Waals surface area contributed by atoms with Gasteiger partial charge in [-0.2, -0.15) is 4.98 Å². The van der Waals surface area contributed by atoms with Gasteiger partial charge in [0.05, 0.1) is 10.2 Å². The van der Waals surface area contributed by atoms with E-state index in [-0.39, 0.29) is 5.95 Å². The Balaban J connectivity index is 2.17. The molecular weight excluding hydrogens is 224 g/mol. The van der Waals surface area contributed by atoms with Crippen molar-refractivity contribution in [3.8, 4) is 11.4 Å². The van der Waals surface area contributed by atoms with E-state index in [0.29, 0.717) is 11.0 Å². The van der Waals surface area contributed by atoms with Gasteiger partial charge in [-0.25, -0.2) is 4.98 Å². The Morgan fingerprint density at radius 2 is 2.06 bits per heavy atom. The molecule has 0 aliphatic heterocycles. The smallest absolute Gasteiger partial charge is 0.239 e. The van der Waals surface area contributed by atoms with Gasteiger partial charge < -0.3 is 11.5 Å². The highest BCUT2D eigenvalue weighted by atomic mass is 32.1. The summed E-state index contributed by atoms with van der Waals surface area (Å²) in [7, 11) is 0. The van der Waals surface area contributed by atoms with Gasteiger partial charge in [0, 0.05) is 5.56 Å². The van der Waals surface area contributed by atoms with Gasteiger partial charge in [0.2, 0.25) is 5.95 Å². The molecule has 0 fully saturated rings. The number of aromatic nitrogens is 4. The monoisotopic (exact) mass is 232 g/mol. The normalized spacial score (nSPS) is 11.0. The fraction of sp³-hybridized carbons (Fsp3) is 0. The Labute approximate surface area is 94.3 Å². The molecule has 2 heterocycles. The van der Waals surface area contributed by atoms with Crippen LogP contribution in [0, 0.1) is 0 Å². The number of benzene rings is 1. The van der Waals surface area contributed by atoms with Gasteiger partial charge in [-0.15, -0.1) is 5.10 Å². The maximum absolute atomic E-state index is 5.64. The van der Waals surface area contributed by atoms with Crippen LogP contribution >= 0.6 is 11.3 Å². The molecule has 7 heteroatoms. The third-order valence-corrected chi connectivity index (χ3v) is 3.03. The highest BCUT2D eigenvalue weighted by Gasteiger charge is 2.06. The van der Waals surface area contributed by atoms with Gasteiger partial charge in [-0.05, 0) is 18.2 Å². The zero-order chi connectivity index (χ0) is 11.1. The number of anilines is 2. The molecule has 0 aliphatic carbocycles. The highest BCUT2D eigenvalue weighted by molar-refractivity contribution is 7.22. The molecule has 0 unspecified atom stereocenters. The lowest BCUT2D eigenvalue weighted by Gasteiger charge is -1.94. The first-order chi connectivity index (χ1) is 7.72. The summed E-state index contributed by atoms with van der Waals surface area (Å²) in [5, 5.41) is 7.10. The van der Waals surface area contributed by atoms with Crippen LogP contribution in [0.25, 0.3) is 21.6 Å². The predicted molar refractivity (Wildman–Crippen MR) is 63.8 cm³/mol. The molecule has 0 radical (unpaired) electrons. The fourth-order valence-corrected chi connectivity index (χ4v) is 2.27. The van der Waals surface area contributed by atoms with Gasteiger partial charge in [-0.3, -0.25) is 5.10 Å². The van der Waals surface area contributed by atoms with Crippen LogP contribution in [0.3, 0.4) is 0 Å². The van der Waals surface area contributed by atoms with E-state index in [0.717, 1.165) is 15.8 Å². The van der Waals surface area contributed by atoms with E-state index in [1.54, 1.807) is 0 Å². The van der Waals surface area contributed by atoms with E-state index in [4.69, 9.17) is 11.5 Å². The van der Waals surface area contributed by atoms with Crippen LogP contribution in [-0.2, 0) is 0 Å². The number of rotatable bonds is 1. The van der Waals surface area contributed by atoms with E-state index in [2.05, 4.69) is 20.2 Å². The van der Waals surface area contributed by atoms with Crippen molar-refractivity contribution in [3.05, 3.63) is 18.2 Å².